The van der Waals surface area contributed by atoms with Crippen molar-refractivity contribution in [2.24, 2.45) is 17.8 Å². The smallest absolute Gasteiger partial charge is 0.226 e. The van der Waals surface area contributed by atoms with Crippen LogP contribution >= 0.6 is 22.6 Å². The topological polar surface area (TPSA) is 38.3 Å². The van der Waals surface area contributed by atoms with Crippen molar-refractivity contribution in [2.75, 3.05) is 4.43 Å². The lowest BCUT2D eigenvalue weighted by Crippen LogP contribution is -2.45. The Hall–Kier alpha value is 0.160. The van der Waals surface area contributed by atoms with E-state index in [1.54, 1.807) is 0 Å². The molecule has 0 aromatic rings. The van der Waals surface area contributed by atoms with E-state index < -0.39 is 0 Å². The third-order valence-corrected chi connectivity index (χ3v) is 4.79. The van der Waals surface area contributed by atoms with Crippen molar-refractivity contribution in [2.45, 2.75) is 52.9 Å². The highest BCUT2D eigenvalue weighted by molar-refractivity contribution is 14.1. The molecule has 5 unspecified atom stereocenters. The van der Waals surface area contributed by atoms with Crippen molar-refractivity contribution < 1.29 is 9.53 Å². The highest BCUT2D eigenvalue weighted by atomic mass is 127. The predicted octanol–water partition coefficient (Wildman–Crippen LogP) is 2.62. The Morgan fingerprint density at radius 2 is 1.88 bits per heavy atom. The molecule has 3 nitrogen and oxygen atoms in total. The number of ether oxygens (including phenoxy) is 1. The normalized spacial score (nSPS) is 35.0. The Balaban J connectivity index is 2.64. The van der Waals surface area contributed by atoms with Crippen LogP contribution in [0.4, 0.5) is 0 Å². The molecule has 1 N–H and O–H groups in total. The second-order valence-electron chi connectivity index (χ2n) is 5.44. The Kier molecular flexibility index (Phi) is 5.70. The number of nitrogens with one attached hydrogen (secondary N) is 1. The quantitative estimate of drug-likeness (QED) is 0.623. The van der Waals surface area contributed by atoms with E-state index in [4.69, 9.17) is 4.74 Å². The van der Waals surface area contributed by atoms with E-state index in [2.05, 4.69) is 48.7 Å². The van der Waals surface area contributed by atoms with Crippen LogP contribution in [0.25, 0.3) is 0 Å². The Morgan fingerprint density at radius 3 is 2.24 bits per heavy atom. The summed E-state index contributed by atoms with van der Waals surface area (Å²) >= 11 is 2.33. The van der Waals surface area contributed by atoms with Gasteiger partial charge < -0.3 is 10.1 Å². The van der Waals surface area contributed by atoms with E-state index in [0.717, 1.165) is 4.43 Å². The summed E-state index contributed by atoms with van der Waals surface area (Å²) in [5, 5.41) is 3.16. The third kappa shape index (κ3) is 3.56. The first kappa shape index (κ1) is 15.2. The molecular weight excluding hydrogens is 329 g/mol. The van der Waals surface area contributed by atoms with Gasteiger partial charge in [0, 0.05) is 10.5 Å². The lowest BCUT2D eigenvalue weighted by Gasteiger charge is -2.24. The van der Waals surface area contributed by atoms with Crippen LogP contribution < -0.4 is 5.32 Å². The van der Waals surface area contributed by atoms with Crippen molar-refractivity contribution in [1.29, 1.82) is 0 Å². The van der Waals surface area contributed by atoms with Gasteiger partial charge >= 0.3 is 0 Å². The zero-order valence-electron chi connectivity index (χ0n) is 11.4. The van der Waals surface area contributed by atoms with E-state index in [9.17, 15) is 4.79 Å². The Bertz CT molecular complexity index is 270. The summed E-state index contributed by atoms with van der Waals surface area (Å²) in [4.78, 5) is 12.3. The minimum Gasteiger partial charge on any atom is -0.374 e. The fourth-order valence-electron chi connectivity index (χ4n) is 2.38. The van der Waals surface area contributed by atoms with Crippen molar-refractivity contribution in [3.8, 4) is 0 Å². The first-order chi connectivity index (χ1) is 7.88. The molecule has 1 saturated heterocycles. The second kappa shape index (κ2) is 6.36. The van der Waals surface area contributed by atoms with Gasteiger partial charge in [-0.3, -0.25) is 4.79 Å². The molecular formula is C13H24INO2. The van der Waals surface area contributed by atoms with Gasteiger partial charge in [-0.2, -0.15) is 0 Å². The van der Waals surface area contributed by atoms with Gasteiger partial charge in [-0.15, -0.1) is 0 Å². The summed E-state index contributed by atoms with van der Waals surface area (Å²) < 4.78 is 6.67. The minimum atomic E-state index is -0.00537. The van der Waals surface area contributed by atoms with E-state index in [1.165, 1.54) is 0 Å². The maximum Gasteiger partial charge on any atom is 0.226 e. The van der Waals surface area contributed by atoms with Crippen LogP contribution in [0.15, 0.2) is 0 Å². The monoisotopic (exact) mass is 353 g/mol. The average Bonchev–Trinajstić information content (AvgIpc) is 2.49. The van der Waals surface area contributed by atoms with Gasteiger partial charge in [0.25, 0.3) is 0 Å². The maximum atomic E-state index is 12.3. The van der Waals surface area contributed by atoms with Gasteiger partial charge in [0.1, 0.15) is 0 Å². The molecule has 1 amide bonds. The summed E-state index contributed by atoms with van der Waals surface area (Å²) in [6, 6.07) is 0.262. The molecule has 100 valence electrons. The van der Waals surface area contributed by atoms with Gasteiger partial charge in [0.15, 0.2) is 0 Å². The molecule has 17 heavy (non-hydrogen) atoms. The summed E-state index contributed by atoms with van der Waals surface area (Å²) in [6.07, 6.45) is 0.208. The summed E-state index contributed by atoms with van der Waals surface area (Å²) in [5.41, 5.74) is 0. The SMILES string of the molecule is CC(C)C(CI)NC(=O)C1C(C)OC(C)C1C. The van der Waals surface area contributed by atoms with Crippen molar-refractivity contribution >= 4 is 28.5 Å². The van der Waals surface area contributed by atoms with Gasteiger partial charge in [0.05, 0.1) is 18.1 Å². The molecule has 0 aromatic carbocycles. The van der Waals surface area contributed by atoms with Crippen LogP contribution in [0.2, 0.25) is 0 Å². The zero-order valence-corrected chi connectivity index (χ0v) is 13.5. The Morgan fingerprint density at radius 1 is 1.29 bits per heavy atom. The van der Waals surface area contributed by atoms with Gasteiger partial charge in [0.2, 0.25) is 5.91 Å². The van der Waals surface area contributed by atoms with Crippen molar-refractivity contribution in [3.63, 3.8) is 0 Å². The number of carbonyl (C=O) groups excluding carboxylic acids is 1. The first-order valence-corrected chi connectivity index (χ1v) is 7.92. The lowest BCUT2D eigenvalue weighted by molar-refractivity contribution is -0.128. The largest absolute Gasteiger partial charge is 0.374 e. The molecule has 4 heteroatoms. The molecule has 0 aromatic heterocycles. The van der Waals surface area contributed by atoms with Crippen LogP contribution in [-0.2, 0) is 9.53 Å². The lowest BCUT2D eigenvalue weighted by atomic mass is 9.88. The van der Waals surface area contributed by atoms with E-state index >= 15 is 0 Å². The standard InChI is InChI=1S/C13H24INO2/c1-7(2)11(6-14)15-13(16)12-8(3)9(4)17-10(12)5/h7-12H,6H2,1-5H3,(H,15,16). The summed E-state index contributed by atoms with van der Waals surface area (Å²) in [7, 11) is 0. The average molecular weight is 353 g/mol. The molecule has 5 atom stereocenters. The molecule has 1 fully saturated rings. The third-order valence-electron chi connectivity index (χ3n) is 3.84. The summed E-state index contributed by atoms with van der Waals surface area (Å²) in [6.45, 7) is 10.4. The number of amides is 1. The molecule has 1 heterocycles. The number of alkyl halides is 1. The van der Waals surface area contributed by atoms with E-state index in [1.807, 2.05) is 13.8 Å². The van der Waals surface area contributed by atoms with Crippen LogP contribution in [0, 0.1) is 17.8 Å². The van der Waals surface area contributed by atoms with Crippen molar-refractivity contribution in [3.05, 3.63) is 0 Å². The Labute approximate surface area is 118 Å². The van der Waals surface area contributed by atoms with E-state index in [-0.39, 0.29) is 30.1 Å². The van der Waals surface area contributed by atoms with Crippen molar-refractivity contribution in [1.82, 2.24) is 5.32 Å². The van der Waals surface area contributed by atoms with Crippen LogP contribution in [0.3, 0.4) is 0 Å². The number of halogens is 1. The molecule has 1 aliphatic heterocycles. The van der Waals surface area contributed by atoms with Gasteiger partial charge in [-0.1, -0.05) is 43.4 Å². The number of carbonyl (C=O) groups is 1. The van der Waals surface area contributed by atoms with E-state index in [0.29, 0.717) is 11.8 Å². The fourth-order valence-corrected chi connectivity index (χ4v) is 3.62. The van der Waals surface area contributed by atoms with Crippen LogP contribution in [0.1, 0.15) is 34.6 Å². The second-order valence-corrected chi connectivity index (χ2v) is 6.33. The minimum absolute atomic E-state index is 0.00537. The maximum absolute atomic E-state index is 12.3. The predicted molar refractivity (Wildman–Crippen MR) is 78.3 cm³/mol. The number of hydrogen-bond donors (Lipinski definition) is 1. The zero-order chi connectivity index (χ0) is 13.2. The van der Waals surface area contributed by atoms with Gasteiger partial charge in [-0.25, -0.2) is 0 Å². The highest BCUT2D eigenvalue weighted by Gasteiger charge is 2.41. The summed E-state index contributed by atoms with van der Waals surface area (Å²) in [5.74, 6) is 0.923. The molecule has 1 aliphatic rings. The molecule has 1 rings (SSSR count). The van der Waals surface area contributed by atoms with Crippen LogP contribution in [0.5, 0.6) is 0 Å². The molecule has 0 saturated carbocycles. The van der Waals surface area contributed by atoms with Gasteiger partial charge in [-0.05, 0) is 25.7 Å². The molecule has 0 bridgehead atoms. The number of hydrogen-bond acceptors (Lipinski definition) is 2. The van der Waals surface area contributed by atoms with Crippen LogP contribution in [-0.4, -0.2) is 28.6 Å². The first-order valence-electron chi connectivity index (χ1n) is 6.40. The molecule has 0 aliphatic carbocycles. The fraction of sp³-hybridized carbons (Fsp3) is 0.923. The highest BCUT2D eigenvalue weighted by Crippen LogP contribution is 2.32. The molecule has 0 radical (unpaired) electrons. The number of rotatable bonds is 4. The molecule has 0 spiro atoms.